The van der Waals surface area contributed by atoms with Gasteiger partial charge >= 0.3 is 82.9 Å². The van der Waals surface area contributed by atoms with Crippen molar-refractivity contribution in [3.05, 3.63) is 36.0 Å². The van der Waals surface area contributed by atoms with Crippen LogP contribution in [0.25, 0.3) is 10.9 Å². The molecule has 56 valence electrons. The van der Waals surface area contributed by atoms with E-state index >= 15 is 0 Å². The van der Waals surface area contributed by atoms with Crippen LogP contribution in [0, 0.1) is 0 Å². The first-order chi connectivity index (χ1) is 5.77. The normalized spacial score (nSPS) is 10.3. The molecule has 1 nitrogen and oxygen atoms in total. The Morgan fingerprint density at radius 3 is 2.75 bits per heavy atom. The number of nitrogens with one attached hydrogen (secondary N) is 1. The Morgan fingerprint density at radius 2 is 2.08 bits per heavy atom. The quantitative estimate of drug-likeness (QED) is 0.763. The van der Waals surface area contributed by atoms with Crippen LogP contribution in [0.15, 0.2) is 30.3 Å². The molecule has 2 rings (SSSR count). The van der Waals surface area contributed by atoms with E-state index < -0.39 is 0 Å². The van der Waals surface area contributed by atoms with Gasteiger partial charge < -0.3 is 0 Å². The monoisotopic (exact) mass is 323 g/mol. The van der Waals surface area contributed by atoms with Gasteiger partial charge in [0.25, 0.3) is 0 Å². The average molecular weight is 323 g/mol. The standard InChI is InChI=1S/C9H6BN.W/c10-6-8-5-7-3-1-2-4-9(7)11-8;/h1-5,11H;. The van der Waals surface area contributed by atoms with Crippen LogP contribution in [0.2, 0.25) is 0 Å². The molecular weight excluding hydrogens is 317 g/mol. The number of para-hydroxylation sites is 1. The van der Waals surface area contributed by atoms with E-state index in [4.69, 9.17) is 7.85 Å². The van der Waals surface area contributed by atoms with E-state index in [9.17, 15) is 0 Å². The molecule has 0 aliphatic rings. The average Bonchev–Trinajstić information content (AvgIpc) is 2.46. The van der Waals surface area contributed by atoms with Crippen LogP contribution in [0.1, 0.15) is 5.69 Å². The predicted octanol–water partition coefficient (Wildman–Crippen LogP) is 1.36. The van der Waals surface area contributed by atoms with Gasteiger partial charge in [-0.1, -0.05) is 0 Å². The molecule has 3 heteroatoms. The van der Waals surface area contributed by atoms with Crippen LogP contribution >= 0.6 is 0 Å². The zero-order valence-electron chi connectivity index (χ0n) is 6.37. The molecule has 12 heavy (non-hydrogen) atoms. The molecule has 1 heterocycles. The van der Waals surface area contributed by atoms with Gasteiger partial charge in [-0.3, -0.25) is 0 Å². The van der Waals surface area contributed by atoms with Gasteiger partial charge in [-0.15, -0.1) is 0 Å². The van der Waals surface area contributed by atoms with Crippen molar-refractivity contribution < 1.29 is 19.4 Å². The fourth-order valence-electron chi connectivity index (χ4n) is 1.21. The number of hydrogen-bond acceptors (Lipinski definition) is 0. The Balaban J connectivity index is 2.70. The van der Waals surface area contributed by atoms with Crippen molar-refractivity contribution in [2.75, 3.05) is 0 Å². The van der Waals surface area contributed by atoms with Crippen molar-refractivity contribution >= 4 is 22.5 Å². The van der Waals surface area contributed by atoms with E-state index in [0.29, 0.717) is 0 Å². The van der Waals surface area contributed by atoms with Gasteiger partial charge in [0.05, 0.1) is 0 Å². The summed E-state index contributed by atoms with van der Waals surface area (Å²) in [6.45, 7) is 0. The topological polar surface area (TPSA) is 15.8 Å². The molecule has 0 amide bonds. The summed E-state index contributed by atoms with van der Waals surface area (Å²) in [4.78, 5) is 3.25. The van der Waals surface area contributed by atoms with Gasteiger partial charge in [-0.2, -0.15) is 0 Å². The van der Waals surface area contributed by atoms with Gasteiger partial charge in [-0.05, 0) is 0 Å². The first-order valence-corrected chi connectivity index (χ1v) is 5.11. The molecular formula is C9H6BNW. The number of rotatable bonds is 1. The summed E-state index contributed by atoms with van der Waals surface area (Å²) in [7, 11) is 5.70. The van der Waals surface area contributed by atoms with Gasteiger partial charge in [0.2, 0.25) is 0 Å². The summed E-state index contributed by atoms with van der Waals surface area (Å²) in [6, 6.07) is 10.3. The molecule has 2 aromatic rings. The van der Waals surface area contributed by atoms with Crippen LogP contribution in [0.5, 0.6) is 0 Å². The summed E-state index contributed by atoms with van der Waals surface area (Å²) in [5.41, 5.74) is 2.20. The van der Waals surface area contributed by atoms with Crippen LogP contribution in [-0.2, 0) is 19.4 Å². The molecule has 0 saturated carbocycles. The maximum absolute atomic E-state index is 5.70. The van der Waals surface area contributed by atoms with Crippen molar-refractivity contribution in [2.45, 2.75) is 0 Å². The second-order valence-corrected chi connectivity index (χ2v) is 4.21. The molecule has 1 aromatic carbocycles. The molecule has 0 unspecified atom stereocenters. The molecule has 0 bridgehead atoms. The molecule has 0 atom stereocenters. The van der Waals surface area contributed by atoms with Gasteiger partial charge in [0, 0.05) is 0 Å². The third-order valence-electron chi connectivity index (χ3n) is 1.80. The van der Waals surface area contributed by atoms with E-state index in [-0.39, 0.29) is 0 Å². The Bertz CT molecular complexity index is 400. The Hall–Kier alpha value is -0.617. The summed E-state index contributed by atoms with van der Waals surface area (Å²) in [5.74, 6) is 0. The molecule has 1 aromatic heterocycles. The summed E-state index contributed by atoms with van der Waals surface area (Å²) < 4.78 is 0.909. The van der Waals surface area contributed by atoms with Crippen LogP contribution in [0.3, 0.4) is 0 Å². The van der Waals surface area contributed by atoms with Gasteiger partial charge in [-0.25, -0.2) is 0 Å². The minimum atomic E-state index is 0.909. The Labute approximate surface area is 83.0 Å². The van der Waals surface area contributed by atoms with Crippen molar-refractivity contribution in [1.82, 2.24) is 4.98 Å². The fourth-order valence-corrected chi connectivity index (χ4v) is 1.60. The summed E-state index contributed by atoms with van der Waals surface area (Å²) in [6.07, 6.45) is 0. The number of benzene rings is 1. The number of hydrogen-bond donors (Lipinski definition) is 1. The van der Waals surface area contributed by atoms with E-state index in [1.165, 1.54) is 24.7 Å². The van der Waals surface area contributed by atoms with Crippen LogP contribution in [0.4, 0.5) is 0 Å². The van der Waals surface area contributed by atoms with E-state index in [1.807, 2.05) is 12.1 Å². The minimum absolute atomic E-state index is 0.909. The molecule has 0 aliphatic heterocycles. The number of aromatic nitrogens is 1. The number of H-pyrrole nitrogens is 1. The second-order valence-electron chi connectivity index (χ2n) is 2.63. The van der Waals surface area contributed by atoms with Crippen molar-refractivity contribution in [3.8, 4) is 0 Å². The molecule has 0 saturated heterocycles. The summed E-state index contributed by atoms with van der Waals surface area (Å²) in [5, 5.41) is 1.22. The number of aromatic amines is 1. The van der Waals surface area contributed by atoms with Crippen molar-refractivity contribution in [3.63, 3.8) is 0 Å². The Morgan fingerprint density at radius 1 is 1.33 bits per heavy atom. The molecule has 0 spiro atoms. The zero-order chi connectivity index (χ0) is 8.55. The van der Waals surface area contributed by atoms with Gasteiger partial charge in [0.15, 0.2) is 0 Å². The summed E-state index contributed by atoms with van der Waals surface area (Å²) >= 11 is 1.30. The van der Waals surface area contributed by atoms with Crippen molar-refractivity contribution in [1.29, 1.82) is 0 Å². The zero-order valence-corrected chi connectivity index (χ0v) is 9.31. The Kier molecular flexibility index (Phi) is 2.02. The third-order valence-corrected chi connectivity index (χ3v) is 2.59. The van der Waals surface area contributed by atoms with E-state index in [0.717, 1.165) is 15.0 Å². The van der Waals surface area contributed by atoms with E-state index in [1.54, 1.807) is 0 Å². The van der Waals surface area contributed by atoms with Crippen LogP contribution < -0.4 is 0 Å². The first-order valence-electron chi connectivity index (χ1n) is 3.65. The third kappa shape index (κ3) is 1.32. The van der Waals surface area contributed by atoms with E-state index in [2.05, 4.69) is 23.2 Å². The molecule has 0 aliphatic carbocycles. The van der Waals surface area contributed by atoms with Crippen molar-refractivity contribution in [2.24, 2.45) is 0 Å². The number of fused-ring (bicyclic) bond motifs is 1. The molecule has 0 fully saturated rings. The predicted molar refractivity (Wildman–Crippen MR) is 48.2 cm³/mol. The first kappa shape index (κ1) is 8.00. The van der Waals surface area contributed by atoms with Crippen LogP contribution in [-0.4, -0.2) is 16.6 Å². The maximum atomic E-state index is 5.70. The molecule has 2 radical (unpaired) electrons. The second kappa shape index (κ2) is 3.03. The molecule has 1 N–H and O–H groups in total. The van der Waals surface area contributed by atoms with Gasteiger partial charge in [0.1, 0.15) is 0 Å². The SMILES string of the molecule is [B][C](=[W])c1cc2ccccc2[nH]1. The fraction of sp³-hybridized carbons (Fsp3) is 0.